The van der Waals surface area contributed by atoms with Crippen molar-refractivity contribution in [2.75, 3.05) is 0 Å². The Morgan fingerprint density at radius 1 is 1.21 bits per heavy atom. The Morgan fingerprint density at radius 3 is 2.63 bits per heavy atom. The third-order valence-corrected chi connectivity index (χ3v) is 2.41. The second kappa shape index (κ2) is 6.35. The van der Waals surface area contributed by atoms with Crippen molar-refractivity contribution in [3.05, 3.63) is 66.0 Å². The Balaban J connectivity index is 1.94. The molecule has 0 saturated heterocycles. The molecule has 0 radical (unpaired) electrons. The molecule has 1 heterocycles. The molecule has 0 saturated carbocycles. The maximum Gasteiger partial charge on any atom is 0.328 e. The molecule has 0 bridgehead atoms. The maximum atomic E-state index is 10.4. The quantitative estimate of drug-likeness (QED) is 0.834. The summed E-state index contributed by atoms with van der Waals surface area (Å²) in [7, 11) is 0. The highest BCUT2D eigenvalue weighted by Crippen LogP contribution is 2.14. The van der Waals surface area contributed by atoms with Gasteiger partial charge >= 0.3 is 5.97 Å². The fraction of sp³-hybridized carbons (Fsp3) is 0.0667. The lowest BCUT2D eigenvalue weighted by molar-refractivity contribution is -0.131. The monoisotopic (exact) mass is 255 g/mol. The van der Waals surface area contributed by atoms with Crippen LogP contribution in [0.15, 0.2) is 54.7 Å². The smallest absolute Gasteiger partial charge is 0.328 e. The van der Waals surface area contributed by atoms with E-state index in [9.17, 15) is 4.79 Å². The summed E-state index contributed by atoms with van der Waals surface area (Å²) in [6.07, 6.45) is 4.35. The number of carbonyl (C=O) groups is 1. The molecule has 0 aliphatic rings. The standard InChI is InChI=1S/C15H13NO3/c17-15(18)9-6-12-4-7-14(8-5-12)19-11-13-3-1-2-10-16-13/h1-10H,11H2,(H,17,18)/b9-6-. The molecule has 0 amide bonds. The molecule has 4 heteroatoms. The molecule has 0 unspecified atom stereocenters. The normalized spacial score (nSPS) is 10.5. The van der Waals surface area contributed by atoms with E-state index in [1.54, 1.807) is 30.5 Å². The van der Waals surface area contributed by atoms with Crippen molar-refractivity contribution in [2.45, 2.75) is 6.61 Å². The first kappa shape index (κ1) is 12.8. The van der Waals surface area contributed by atoms with E-state index in [2.05, 4.69) is 4.98 Å². The van der Waals surface area contributed by atoms with Gasteiger partial charge in [-0.25, -0.2) is 4.79 Å². The molecule has 0 atom stereocenters. The first-order valence-electron chi connectivity index (χ1n) is 5.78. The summed E-state index contributed by atoms with van der Waals surface area (Å²) < 4.78 is 5.57. The van der Waals surface area contributed by atoms with Crippen LogP contribution in [-0.4, -0.2) is 16.1 Å². The molecule has 1 N–H and O–H groups in total. The average molecular weight is 255 g/mol. The van der Waals surface area contributed by atoms with Gasteiger partial charge in [0.05, 0.1) is 5.69 Å². The fourth-order valence-corrected chi connectivity index (χ4v) is 1.48. The van der Waals surface area contributed by atoms with E-state index in [1.807, 2.05) is 18.2 Å². The lowest BCUT2D eigenvalue weighted by Gasteiger charge is -2.05. The molecule has 96 valence electrons. The highest BCUT2D eigenvalue weighted by Gasteiger charge is 1.96. The average Bonchev–Trinajstić information content (AvgIpc) is 2.45. The van der Waals surface area contributed by atoms with Crippen LogP contribution < -0.4 is 4.74 Å². The number of aliphatic carboxylic acids is 1. The number of carboxylic acid groups (broad SMARTS) is 1. The SMILES string of the molecule is O=C(O)/C=C\c1ccc(OCc2ccccn2)cc1. The molecule has 1 aromatic carbocycles. The summed E-state index contributed by atoms with van der Waals surface area (Å²) >= 11 is 0. The van der Waals surface area contributed by atoms with Gasteiger partial charge in [-0.1, -0.05) is 18.2 Å². The zero-order valence-corrected chi connectivity index (χ0v) is 10.2. The minimum atomic E-state index is -0.963. The summed E-state index contributed by atoms with van der Waals surface area (Å²) in [5.74, 6) is -0.242. The minimum Gasteiger partial charge on any atom is -0.487 e. The van der Waals surface area contributed by atoms with E-state index in [0.29, 0.717) is 6.61 Å². The van der Waals surface area contributed by atoms with E-state index in [0.717, 1.165) is 23.1 Å². The molecule has 0 aliphatic carbocycles. The zero-order valence-electron chi connectivity index (χ0n) is 10.2. The van der Waals surface area contributed by atoms with Crippen molar-refractivity contribution in [2.24, 2.45) is 0 Å². The fourth-order valence-electron chi connectivity index (χ4n) is 1.48. The van der Waals surface area contributed by atoms with Crippen LogP contribution in [0.1, 0.15) is 11.3 Å². The predicted molar refractivity (Wildman–Crippen MR) is 71.7 cm³/mol. The molecule has 1 aromatic heterocycles. The minimum absolute atomic E-state index is 0.408. The Labute approximate surface area is 111 Å². The summed E-state index contributed by atoms with van der Waals surface area (Å²) in [5.41, 5.74) is 1.67. The Morgan fingerprint density at radius 2 is 2.00 bits per heavy atom. The van der Waals surface area contributed by atoms with Gasteiger partial charge in [0.25, 0.3) is 0 Å². The zero-order chi connectivity index (χ0) is 13.5. The number of pyridine rings is 1. The number of benzene rings is 1. The van der Waals surface area contributed by atoms with Crippen molar-refractivity contribution in [3.8, 4) is 5.75 Å². The van der Waals surface area contributed by atoms with Crippen LogP contribution in [0.4, 0.5) is 0 Å². The van der Waals surface area contributed by atoms with Crippen LogP contribution in [-0.2, 0) is 11.4 Å². The molecule has 2 rings (SSSR count). The number of hydrogen-bond donors (Lipinski definition) is 1. The lowest BCUT2D eigenvalue weighted by Crippen LogP contribution is -1.97. The molecule has 4 nitrogen and oxygen atoms in total. The highest BCUT2D eigenvalue weighted by molar-refractivity contribution is 5.85. The largest absolute Gasteiger partial charge is 0.487 e. The number of nitrogens with zero attached hydrogens (tertiary/aromatic N) is 1. The van der Waals surface area contributed by atoms with E-state index >= 15 is 0 Å². The van der Waals surface area contributed by atoms with Gasteiger partial charge in [0.2, 0.25) is 0 Å². The molecule has 0 fully saturated rings. The van der Waals surface area contributed by atoms with Crippen LogP contribution in [0, 0.1) is 0 Å². The third-order valence-electron chi connectivity index (χ3n) is 2.41. The molecule has 0 aliphatic heterocycles. The van der Waals surface area contributed by atoms with E-state index < -0.39 is 5.97 Å². The second-order valence-corrected chi connectivity index (χ2v) is 3.85. The summed E-state index contributed by atoms with van der Waals surface area (Å²) in [4.78, 5) is 14.5. The Bertz CT molecular complexity index is 562. The van der Waals surface area contributed by atoms with E-state index in [4.69, 9.17) is 9.84 Å². The van der Waals surface area contributed by atoms with E-state index in [1.165, 1.54) is 6.08 Å². The van der Waals surface area contributed by atoms with Gasteiger partial charge in [-0.05, 0) is 35.9 Å². The summed E-state index contributed by atoms with van der Waals surface area (Å²) in [6.45, 7) is 0.408. The maximum absolute atomic E-state index is 10.4. The first-order valence-corrected chi connectivity index (χ1v) is 5.78. The summed E-state index contributed by atoms with van der Waals surface area (Å²) in [5, 5.41) is 8.52. The van der Waals surface area contributed by atoms with Gasteiger partial charge < -0.3 is 9.84 Å². The molecule has 19 heavy (non-hydrogen) atoms. The van der Waals surface area contributed by atoms with Crippen LogP contribution in [0.3, 0.4) is 0 Å². The van der Waals surface area contributed by atoms with Gasteiger partial charge in [0, 0.05) is 12.3 Å². The van der Waals surface area contributed by atoms with Crippen molar-refractivity contribution < 1.29 is 14.6 Å². The Kier molecular flexibility index (Phi) is 4.29. The molecule has 0 spiro atoms. The van der Waals surface area contributed by atoms with Crippen LogP contribution >= 0.6 is 0 Å². The van der Waals surface area contributed by atoms with Crippen molar-refractivity contribution >= 4 is 12.0 Å². The molecule has 2 aromatic rings. The third kappa shape index (κ3) is 4.27. The van der Waals surface area contributed by atoms with Gasteiger partial charge in [-0.15, -0.1) is 0 Å². The topological polar surface area (TPSA) is 59.4 Å². The summed E-state index contributed by atoms with van der Waals surface area (Å²) in [6, 6.07) is 12.8. The van der Waals surface area contributed by atoms with Crippen LogP contribution in [0.2, 0.25) is 0 Å². The number of hydrogen-bond acceptors (Lipinski definition) is 3. The Hall–Kier alpha value is -2.62. The predicted octanol–water partition coefficient (Wildman–Crippen LogP) is 2.76. The highest BCUT2D eigenvalue weighted by atomic mass is 16.5. The van der Waals surface area contributed by atoms with Gasteiger partial charge in [-0.3, -0.25) is 4.98 Å². The first-order chi connectivity index (χ1) is 9.24. The number of aromatic nitrogens is 1. The lowest BCUT2D eigenvalue weighted by atomic mass is 10.2. The molecular weight excluding hydrogens is 242 g/mol. The van der Waals surface area contributed by atoms with Gasteiger partial charge in [-0.2, -0.15) is 0 Å². The van der Waals surface area contributed by atoms with Crippen molar-refractivity contribution in [1.29, 1.82) is 0 Å². The van der Waals surface area contributed by atoms with Crippen LogP contribution in [0.5, 0.6) is 5.75 Å². The number of ether oxygens (including phenoxy) is 1. The number of rotatable bonds is 5. The van der Waals surface area contributed by atoms with Crippen molar-refractivity contribution in [3.63, 3.8) is 0 Å². The van der Waals surface area contributed by atoms with E-state index in [-0.39, 0.29) is 0 Å². The van der Waals surface area contributed by atoms with Gasteiger partial charge in [0.1, 0.15) is 12.4 Å². The number of carboxylic acids is 1. The van der Waals surface area contributed by atoms with Gasteiger partial charge in [0.15, 0.2) is 0 Å². The van der Waals surface area contributed by atoms with Crippen LogP contribution in [0.25, 0.3) is 6.08 Å². The molecular formula is C15H13NO3. The van der Waals surface area contributed by atoms with Crippen molar-refractivity contribution in [1.82, 2.24) is 4.98 Å². The second-order valence-electron chi connectivity index (χ2n) is 3.85.